The van der Waals surface area contributed by atoms with Crippen LogP contribution in [0.2, 0.25) is 10.0 Å². The molecule has 6 nitrogen and oxygen atoms in total. The lowest BCUT2D eigenvalue weighted by molar-refractivity contribution is -0.136. The van der Waals surface area contributed by atoms with E-state index in [4.69, 9.17) is 27.9 Å². The fourth-order valence-electron chi connectivity index (χ4n) is 1.68. The molecule has 0 bridgehead atoms. The molecule has 0 atom stereocenters. The molecule has 0 aliphatic heterocycles. The predicted octanol–water partition coefficient (Wildman–Crippen LogP) is 3.09. The zero-order valence-electron chi connectivity index (χ0n) is 12.5. The second kappa shape index (κ2) is 8.33. The molecule has 0 aliphatic rings. The number of nitrogens with zero attached hydrogens (tertiary/aromatic N) is 1. The van der Waals surface area contributed by atoms with Gasteiger partial charge >= 0.3 is 11.8 Å². The van der Waals surface area contributed by atoms with Gasteiger partial charge in [0.1, 0.15) is 5.75 Å². The van der Waals surface area contributed by atoms with Crippen LogP contribution in [0.4, 0.5) is 5.69 Å². The third kappa shape index (κ3) is 4.97. The van der Waals surface area contributed by atoms with Gasteiger partial charge in [0.2, 0.25) is 0 Å². The standard InChI is InChI=1S/C16H13Cl2N3O3/c1-24-12-5-2-10(3-6-12)9-19-21-16(23)15(22)20-14-8-11(17)4-7-13(14)18/h2-9H,1H3,(H,20,22)(H,21,23)/b19-9-. The normalized spacial score (nSPS) is 10.5. The van der Waals surface area contributed by atoms with E-state index in [1.54, 1.807) is 37.4 Å². The third-order valence-corrected chi connectivity index (χ3v) is 3.44. The Morgan fingerprint density at radius 2 is 1.79 bits per heavy atom. The zero-order chi connectivity index (χ0) is 17.5. The van der Waals surface area contributed by atoms with Gasteiger partial charge in [-0.05, 0) is 48.0 Å². The number of methoxy groups -OCH3 is 1. The summed E-state index contributed by atoms with van der Waals surface area (Å²) < 4.78 is 5.03. The van der Waals surface area contributed by atoms with Gasteiger partial charge < -0.3 is 10.1 Å². The highest BCUT2D eigenvalue weighted by atomic mass is 35.5. The monoisotopic (exact) mass is 365 g/mol. The Kier molecular flexibility index (Phi) is 6.17. The highest BCUT2D eigenvalue weighted by Crippen LogP contribution is 2.25. The molecule has 0 aromatic heterocycles. The first-order valence-corrected chi connectivity index (χ1v) is 7.48. The van der Waals surface area contributed by atoms with Gasteiger partial charge in [-0.3, -0.25) is 9.59 Å². The Labute approximate surface area is 148 Å². The van der Waals surface area contributed by atoms with Crippen molar-refractivity contribution in [3.05, 3.63) is 58.1 Å². The van der Waals surface area contributed by atoms with Crippen molar-refractivity contribution < 1.29 is 14.3 Å². The van der Waals surface area contributed by atoms with Crippen LogP contribution in [0.15, 0.2) is 47.6 Å². The number of anilines is 1. The maximum Gasteiger partial charge on any atom is 0.329 e. The van der Waals surface area contributed by atoms with Crippen molar-refractivity contribution in [2.45, 2.75) is 0 Å². The topological polar surface area (TPSA) is 79.8 Å². The number of carbonyl (C=O) groups is 2. The lowest BCUT2D eigenvalue weighted by atomic mass is 10.2. The number of hydrogen-bond acceptors (Lipinski definition) is 4. The van der Waals surface area contributed by atoms with Gasteiger partial charge in [0, 0.05) is 5.02 Å². The van der Waals surface area contributed by atoms with Crippen LogP contribution in [-0.4, -0.2) is 25.1 Å². The van der Waals surface area contributed by atoms with Gasteiger partial charge in [-0.15, -0.1) is 0 Å². The average Bonchev–Trinajstić information content (AvgIpc) is 2.58. The minimum atomic E-state index is -0.934. The number of hydrogen-bond donors (Lipinski definition) is 2. The van der Waals surface area contributed by atoms with Crippen molar-refractivity contribution in [2.75, 3.05) is 12.4 Å². The van der Waals surface area contributed by atoms with Gasteiger partial charge in [0.05, 0.1) is 24.0 Å². The molecule has 0 unspecified atom stereocenters. The van der Waals surface area contributed by atoms with Crippen molar-refractivity contribution in [3.63, 3.8) is 0 Å². The van der Waals surface area contributed by atoms with Crippen molar-refractivity contribution >= 4 is 46.9 Å². The number of halogens is 2. The van der Waals surface area contributed by atoms with E-state index < -0.39 is 11.8 Å². The Bertz CT molecular complexity index is 777. The summed E-state index contributed by atoms with van der Waals surface area (Å²) in [7, 11) is 1.56. The summed E-state index contributed by atoms with van der Waals surface area (Å²) in [6, 6.07) is 11.5. The number of rotatable bonds is 4. The first-order chi connectivity index (χ1) is 11.5. The summed E-state index contributed by atoms with van der Waals surface area (Å²) in [4.78, 5) is 23.5. The molecular weight excluding hydrogens is 353 g/mol. The lowest BCUT2D eigenvalue weighted by Crippen LogP contribution is -2.32. The van der Waals surface area contributed by atoms with Crippen LogP contribution in [0.1, 0.15) is 5.56 Å². The van der Waals surface area contributed by atoms with Crippen LogP contribution < -0.4 is 15.5 Å². The van der Waals surface area contributed by atoms with E-state index in [0.29, 0.717) is 10.8 Å². The van der Waals surface area contributed by atoms with Crippen molar-refractivity contribution in [1.82, 2.24) is 5.43 Å². The number of hydrazone groups is 1. The predicted molar refractivity (Wildman–Crippen MR) is 93.8 cm³/mol. The van der Waals surface area contributed by atoms with E-state index in [2.05, 4.69) is 15.8 Å². The van der Waals surface area contributed by atoms with Gasteiger partial charge in [-0.1, -0.05) is 23.2 Å². The number of carbonyl (C=O) groups excluding carboxylic acids is 2. The van der Waals surface area contributed by atoms with Crippen LogP contribution in [0.5, 0.6) is 5.75 Å². The Balaban J connectivity index is 1.92. The fourth-order valence-corrected chi connectivity index (χ4v) is 2.02. The third-order valence-electron chi connectivity index (χ3n) is 2.88. The van der Waals surface area contributed by atoms with Gasteiger partial charge in [-0.25, -0.2) is 5.43 Å². The number of benzene rings is 2. The molecule has 124 valence electrons. The molecule has 0 saturated heterocycles. The van der Waals surface area contributed by atoms with Crippen LogP contribution in [0, 0.1) is 0 Å². The quantitative estimate of drug-likeness (QED) is 0.496. The highest BCUT2D eigenvalue weighted by Gasteiger charge is 2.14. The first-order valence-electron chi connectivity index (χ1n) is 6.73. The van der Waals surface area contributed by atoms with E-state index in [0.717, 1.165) is 5.56 Å². The van der Waals surface area contributed by atoms with Crippen LogP contribution >= 0.6 is 23.2 Å². The minimum Gasteiger partial charge on any atom is -0.497 e. The van der Waals surface area contributed by atoms with Gasteiger partial charge in [-0.2, -0.15) is 5.10 Å². The number of ether oxygens (including phenoxy) is 1. The van der Waals surface area contributed by atoms with Crippen molar-refractivity contribution in [2.24, 2.45) is 5.10 Å². The largest absolute Gasteiger partial charge is 0.497 e. The lowest BCUT2D eigenvalue weighted by Gasteiger charge is -2.06. The maximum atomic E-state index is 11.8. The average molecular weight is 366 g/mol. The summed E-state index contributed by atoms with van der Waals surface area (Å²) in [5, 5.41) is 6.72. The van der Waals surface area contributed by atoms with E-state index >= 15 is 0 Å². The Morgan fingerprint density at radius 1 is 1.08 bits per heavy atom. The smallest absolute Gasteiger partial charge is 0.329 e. The molecule has 2 aromatic rings. The Hall–Kier alpha value is -2.57. The second-order valence-electron chi connectivity index (χ2n) is 4.55. The molecule has 0 radical (unpaired) electrons. The molecule has 0 heterocycles. The number of amides is 2. The molecule has 0 spiro atoms. The molecule has 24 heavy (non-hydrogen) atoms. The summed E-state index contributed by atoms with van der Waals surface area (Å²) >= 11 is 11.7. The zero-order valence-corrected chi connectivity index (χ0v) is 14.1. The molecule has 2 amide bonds. The van der Waals surface area contributed by atoms with Crippen LogP contribution in [-0.2, 0) is 9.59 Å². The molecule has 8 heteroatoms. The molecule has 0 aliphatic carbocycles. The molecule has 2 rings (SSSR count). The van der Waals surface area contributed by atoms with E-state index in [1.807, 2.05) is 0 Å². The van der Waals surface area contributed by atoms with Crippen molar-refractivity contribution in [1.29, 1.82) is 0 Å². The Morgan fingerprint density at radius 3 is 2.46 bits per heavy atom. The molecule has 2 aromatic carbocycles. The van der Waals surface area contributed by atoms with Crippen LogP contribution in [0.3, 0.4) is 0 Å². The fraction of sp³-hybridized carbons (Fsp3) is 0.0625. The molecular formula is C16H13Cl2N3O3. The summed E-state index contributed by atoms with van der Waals surface area (Å²) in [6.45, 7) is 0. The summed E-state index contributed by atoms with van der Waals surface area (Å²) in [5.74, 6) is -1.14. The summed E-state index contributed by atoms with van der Waals surface area (Å²) in [5.41, 5.74) is 3.10. The molecule has 0 saturated carbocycles. The minimum absolute atomic E-state index is 0.239. The maximum absolute atomic E-state index is 11.8. The van der Waals surface area contributed by atoms with Gasteiger partial charge in [0.15, 0.2) is 0 Å². The van der Waals surface area contributed by atoms with Crippen molar-refractivity contribution in [3.8, 4) is 5.75 Å². The molecule has 0 fully saturated rings. The summed E-state index contributed by atoms with van der Waals surface area (Å²) in [6.07, 6.45) is 1.40. The number of nitrogens with one attached hydrogen (secondary N) is 2. The first kappa shape index (κ1) is 17.8. The SMILES string of the molecule is COc1ccc(/C=N\NC(=O)C(=O)Nc2cc(Cl)ccc2Cl)cc1. The van der Waals surface area contributed by atoms with E-state index in [-0.39, 0.29) is 10.7 Å². The van der Waals surface area contributed by atoms with E-state index in [9.17, 15) is 9.59 Å². The molecule has 2 N–H and O–H groups in total. The van der Waals surface area contributed by atoms with Crippen LogP contribution in [0.25, 0.3) is 0 Å². The second-order valence-corrected chi connectivity index (χ2v) is 5.39. The van der Waals surface area contributed by atoms with Gasteiger partial charge in [0.25, 0.3) is 0 Å². The highest BCUT2D eigenvalue weighted by molar-refractivity contribution is 6.42. The van der Waals surface area contributed by atoms with E-state index in [1.165, 1.54) is 18.3 Å².